The third-order valence-corrected chi connectivity index (χ3v) is 5.88. The number of ether oxygens (including phenoxy) is 1. The molecule has 0 unspecified atom stereocenters. The zero-order valence-corrected chi connectivity index (χ0v) is 17.2. The molecule has 1 aromatic heterocycles. The number of nitrogens with one attached hydrogen (secondary N) is 1. The molecule has 25 heavy (non-hydrogen) atoms. The van der Waals surface area contributed by atoms with Crippen molar-refractivity contribution in [2.24, 2.45) is 11.3 Å². The second-order valence-corrected chi connectivity index (χ2v) is 9.68. The number of nitrogens with zero attached hydrogens (tertiary/aromatic N) is 1. The van der Waals surface area contributed by atoms with E-state index in [0.717, 1.165) is 16.3 Å². The summed E-state index contributed by atoms with van der Waals surface area (Å²) in [7, 11) is 0. The Bertz CT molecular complexity index is 656. The third kappa shape index (κ3) is 4.75. The molecule has 140 valence electrons. The lowest BCUT2D eigenvalue weighted by Crippen LogP contribution is -2.39. The summed E-state index contributed by atoms with van der Waals surface area (Å²) in [6.07, 6.45) is 0.507. The Hall–Kier alpha value is -1.56. The monoisotopic (exact) mass is 366 g/mol. The number of rotatable bonds is 3. The van der Waals surface area contributed by atoms with Gasteiger partial charge in [0.1, 0.15) is 5.60 Å². The van der Waals surface area contributed by atoms with Gasteiger partial charge in [-0.3, -0.25) is 4.79 Å². The van der Waals surface area contributed by atoms with Crippen molar-refractivity contribution in [2.75, 3.05) is 11.9 Å². The molecule has 0 saturated carbocycles. The van der Waals surface area contributed by atoms with E-state index in [2.05, 4.69) is 19.2 Å². The summed E-state index contributed by atoms with van der Waals surface area (Å²) in [6.45, 7) is 14.8. The van der Waals surface area contributed by atoms with Crippen molar-refractivity contribution in [3.05, 3.63) is 16.5 Å². The van der Waals surface area contributed by atoms with Gasteiger partial charge in [-0.1, -0.05) is 27.7 Å². The van der Waals surface area contributed by atoms with E-state index < -0.39 is 11.0 Å². The zero-order valence-electron chi connectivity index (χ0n) is 16.4. The summed E-state index contributed by atoms with van der Waals surface area (Å²) >= 11 is 1.55. The first-order chi connectivity index (χ1) is 11.4. The summed E-state index contributed by atoms with van der Waals surface area (Å²) < 4.78 is 5.46. The Kier molecular flexibility index (Phi) is 5.52. The van der Waals surface area contributed by atoms with E-state index in [1.807, 2.05) is 40.7 Å². The van der Waals surface area contributed by atoms with Crippen LogP contribution in [-0.4, -0.2) is 29.0 Å². The summed E-state index contributed by atoms with van der Waals surface area (Å²) in [5.74, 6) is 0.287. The highest BCUT2D eigenvalue weighted by molar-refractivity contribution is 7.16. The first kappa shape index (κ1) is 19.8. The first-order valence-electron chi connectivity index (χ1n) is 8.81. The minimum Gasteiger partial charge on any atom is -0.444 e. The van der Waals surface area contributed by atoms with Gasteiger partial charge in [-0.05, 0) is 44.7 Å². The number of hydrogen-bond acceptors (Lipinski definition) is 4. The topological polar surface area (TPSA) is 58.6 Å². The fourth-order valence-electron chi connectivity index (χ4n) is 2.40. The number of hydrogen-bond donors (Lipinski definition) is 1. The molecule has 0 bridgehead atoms. The Labute approximate surface area is 154 Å². The van der Waals surface area contributed by atoms with Crippen LogP contribution < -0.4 is 5.32 Å². The first-order valence-corrected chi connectivity index (χ1v) is 9.63. The smallest absolute Gasteiger partial charge is 0.410 e. The molecule has 0 spiro atoms. The van der Waals surface area contributed by atoms with E-state index in [9.17, 15) is 9.59 Å². The summed E-state index contributed by atoms with van der Waals surface area (Å²) in [5.41, 5.74) is 0.295. The molecule has 0 aromatic carbocycles. The summed E-state index contributed by atoms with van der Waals surface area (Å²) in [5, 5.41) is 3.90. The quantitative estimate of drug-likeness (QED) is 0.846. The predicted molar refractivity (Wildman–Crippen MR) is 102 cm³/mol. The molecule has 1 aromatic rings. The number of amides is 2. The maximum Gasteiger partial charge on any atom is 0.410 e. The SMILES string of the molecule is CC(C)C(C)(C)C(=O)Nc1cc2c(s1)CN(C(=O)OC(C)(C)C)CC2. The highest BCUT2D eigenvalue weighted by Gasteiger charge is 2.32. The summed E-state index contributed by atoms with van der Waals surface area (Å²) in [4.78, 5) is 27.6. The van der Waals surface area contributed by atoms with Crippen LogP contribution in [0.1, 0.15) is 58.9 Å². The average Bonchev–Trinajstić information content (AvgIpc) is 2.86. The molecule has 0 fully saturated rings. The summed E-state index contributed by atoms with van der Waals surface area (Å²) in [6, 6.07) is 2.04. The van der Waals surface area contributed by atoms with Crippen LogP contribution in [0.5, 0.6) is 0 Å². The predicted octanol–water partition coefficient (Wildman–Crippen LogP) is 4.66. The second-order valence-electron chi connectivity index (χ2n) is 8.54. The molecular weight excluding hydrogens is 336 g/mol. The normalized spacial score (nSPS) is 15.1. The highest BCUT2D eigenvalue weighted by atomic mass is 32.1. The maximum atomic E-state index is 12.5. The molecule has 5 nitrogen and oxygen atoms in total. The molecular formula is C19H30N2O3S. The maximum absolute atomic E-state index is 12.5. The molecule has 2 rings (SSSR count). The van der Waals surface area contributed by atoms with Crippen LogP contribution in [0.3, 0.4) is 0 Å². The van der Waals surface area contributed by atoms with Gasteiger partial charge in [0, 0.05) is 16.8 Å². The van der Waals surface area contributed by atoms with Gasteiger partial charge >= 0.3 is 6.09 Å². The number of anilines is 1. The van der Waals surface area contributed by atoms with E-state index in [0.29, 0.717) is 13.1 Å². The fraction of sp³-hybridized carbons (Fsp3) is 0.684. The molecule has 2 amide bonds. The molecule has 0 saturated heterocycles. The zero-order chi connectivity index (χ0) is 19.0. The Morgan fingerprint density at radius 1 is 1.24 bits per heavy atom. The van der Waals surface area contributed by atoms with Crippen molar-refractivity contribution in [3.63, 3.8) is 0 Å². The van der Waals surface area contributed by atoms with E-state index in [1.54, 1.807) is 16.2 Å². The van der Waals surface area contributed by atoms with Crippen molar-refractivity contribution >= 4 is 28.3 Å². The minimum absolute atomic E-state index is 0.0325. The van der Waals surface area contributed by atoms with Crippen molar-refractivity contribution < 1.29 is 14.3 Å². The van der Waals surface area contributed by atoms with Gasteiger partial charge in [-0.15, -0.1) is 11.3 Å². The third-order valence-electron chi connectivity index (χ3n) is 4.80. The van der Waals surface area contributed by atoms with Gasteiger partial charge in [0.2, 0.25) is 5.91 Å². The number of carbonyl (C=O) groups is 2. The van der Waals surface area contributed by atoms with E-state index in [-0.39, 0.29) is 17.9 Å². The number of thiophene rings is 1. The van der Waals surface area contributed by atoms with Gasteiger partial charge < -0.3 is 15.0 Å². The lowest BCUT2D eigenvalue weighted by Gasteiger charge is -2.29. The Morgan fingerprint density at radius 2 is 1.88 bits per heavy atom. The van der Waals surface area contributed by atoms with Crippen molar-refractivity contribution in [2.45, 2.75) is 67.0 Å². The van der Waals surface area contributed by atoms with Gasteiger partial charge in [0.25, 0.3) is 0 Å². The van der Waals surface area contributed by atoms with E-state index in [1.165, 1.54) is 5.56 Å². The molecule has 0 radical (unpaired) electrons. The van der Waals surface area contributed by atoms with Gasteiger partial charge in [0.05, 0.1) is 11.5 Å². The van der Waals surface area contributed by atoms with Crippen LogP contribution in [0.15, 0.2) is 6.07 Å². The number of fused-ring (bicyclic) bond motifs is 1. The van der Waals surface area contributed by atoms with Crippen LogP contribution in [-0.2, 0) is 22.5 Å². The van der Waals surface area contributed by atoms with Crippen molar-refractivity contribution in [3.8, 4) is 0 Å². The van der Waals surface area contributed by atoms with Crippen LogP contribution in [0.25, 0.3) is 0 Å². The lowest BCUT2D eigenvalue weighted by molar-refractivity contribution is -0.125. The van der Waals surface area contributed by atoms with Crippen molar-refractivity contribution in [1.29, 1.82) is 0 Å². The molecule has 2 heterocycles. The van der Waals surface area contributed by atoms with Gasteiger partial charge in [0.15, 0.2) is 0 Å². The van der Waals surface area contributed by atoms with Gasteiger partial charge in [-0.25, -0.2) is 4.79 Å². The molecule has 1 aliphatic rings. The largest absolute Gasteiger partial charge is 0.444 e. The second kappa shape index (κ2) is 6.98. The van der Waals surface area contributed by atoms with Crippen LogP contribution in [0, 0.1) is 11.3 Å². The van der Waals surface area contributed by atoms with E-state index in [4.69, 9.17) is 4.74 Å². The van der Waals surface area contributed by atoms with Crippen molar-refractivity contribution in [1.82, 2.24) is 4.90 Å². The molecule has 6 heteroatoms. The number of carbonyl (C=O) groups excluding carboxylic acids is 2. The van der Waals surface area contributed by atoms with E-state index >= 15 is 0 Å². The Balaban J connectivity index is 2.06. The van der Waals surface area contributed by atoms with Gasteiger partial charge in [-0.2, -0.15) is 0 Å². The highest BCUT2D eigenvalue weighted by Crippen LogP contribution is 2.34. The Morgan fingerprint density at radius 3 is 2.44 bits per heavy atom. The lowest BCUT2D eigenvalue weighted by atomic mass is 9.80. The average molecular weight is 367 g/mol. The standard InChI is InChI=1S/C19H30N2O3S/c1-12(2)19(6,7)16(22)20-15-10-13-8-9-21(11-14(13)25-15)17(23)24-18(3,4)5/h10,12H,8-9,11H2,1-7H3,(H,20,22). The van der Waals surface area contributed by atoms with Crippen LogP contribution in [0.2, 0.25) is 0 Å². The van der Waals surface area contributed by atoms with Crippen LogP contribution in [0.4, 0.5) is 9.80 Å². The molecule has 1 N–H and O–H groups in total. The minimum atomic E-state index is -0.492. The van der Waals surface area contributed by atoms with Crippen LogP contribution >= 0.6 is 11.3 Å². The molecule has 1 aliphatic heterocycles. The fourth-order valence-corrected chi connectivity index (χ4v) is 3.52. The molecule has 0 aliphatic carbocycles. The molecule has 0 atom stereocenters.